The Hall–Kier alpha value is -2.25. The molecule has 0 aliphatic carbocycles. The molecular formula is C14H12BrN5O. The third kappa shape index (κ3) is 2.79. The molecule has 0 bridgehead atoms. The van der Waals surface area contributed by atoms with Crippen molar-refractivity contribution in [3.05, 3.63) is 46.7 Å². The minimum absolute atomic E-state index is 0.276. The van der Waals surface area contributed by atoms with Crippen LogP contribution in [0.1, 0.15) is 5.69 Å². The molecule has 0 spiro atoms. The number of nitrogens with one attached hydrogen (secondary N) is 1. The van der Waals surface area contributed by atoms with E-state index in [4.69, 9.17) is 10.6 Å². The number of nitrogens with zero attached hydrogens (tertiary/aromatic N) is 3. The summed E-state index contributed by atoms with van der Waals surface area (Å²) in [6.07, 6.45) is 1.57. The molecule has 3 aromatic rings. The van der Waals surface area contributed by atoms with Crippen LogP contribution in [0.25, 0.3) is 10.9 Å². The number of nitrogens with two attached hydrogens (primary N) is 1. The average molecular weight is 346 g/mol. The zero-order valence-corrected chi connectivity index (χ0v) is 12.8. The van der Waals surface area contributed by atoms with E-state index in [1.54, 1.807) is 6.20 Å². The SMILES string of the molecule is Cc1ccc2cccc(Oc3nc(NN)ncc3Br)c2n1. The summed E-state index contributed by atoms with van der Waals surface area (Å²) in [6.45, 7) is 1.94. The highest BCUT2D eigenvalue weighted by Gasteiger charge is 2.10. The van der Waals surface area contributed by atoms with Crippen molar-refractivity contribution in [2.24, 2.45) is 5.84 Å². The van der Waals surface area contributed by atoms with Gasteiger partial charge in [-0.1, -0.05) is 18.2 Å². The number of aryl methyl sites for hydroxylation is 1. The summed E-state index contributed by atoms with van der Waals surface area (Å²) >= 11 is 3.36. The van der Waals surface area contributed by atoms with Gasteiger partial charge in [0.25, 0.3) is 0 Å². The number of ether oxygens (including phenoxy) is 1. The Morgan fingerprint density at radius 2 is 2.05 bits per heavy atom. The maximum absolute atomic E-state index is 5.86. The molecule has 0 saturated carbocycles. The second-order valence-electron chi connectivity index (χ2n) is 4.37. The van der Waals surface area contributed by atoms with Gasteiger partial charge in [-0.2, -0.15) is 4.98 Å². The van der Waals surface area contributed by atoms with Crippen LogP contribution in [-0.2, 0) is 0 Å². The van der Waals surface area contributed by atoms with E-state index in [0.29, 0.717) is 16.1 Å². The lowest BCUT2D eigenvalue weighted by Crippen LogP contribution is -2.10. The second kappa shape index (κ2) is 5.63. The van der Waals surface area contributed by atoms with Gasteiger partial charge in [0.2, 0.25) is 11.8 Å². The standard InChI is InChI=1S/C14H12BrN5O/c1-8-5-6-9-3-2-4-11(12(9)18-8)21-13-10(15)7-17-14(19-13)20-16/h2-7H,16H2,1H3,(H,17,19,20). The van der Waals surface area contributed by atoms with E-state index in [0.717, 1.165) is 16.6 Å². The molecule has 2 heterocycles. The number of pyridine rings is 1. The molecule has 3 rings (SSSR count). The second-order valence-corrected chi connectivity index (χ2v) is 5.23. The monoisotopic (exact) mass is 345 g/mol. The van der Waals surface area contributed by atoms with Crippen LogP contribution >= 0.6 is 15.9 Å². The third-order valence-corrected chi connectivity index (χ3v) is 3.41. The van der Waals surface area contributed by atoms with Gasteiger partial charge in [0.15, 0.2) is 5.75 Å². The number of nitrogen functional groups attached to an aromatic ring is 1. The Balaban J connectivity index is 2.08. The number of para-hydroxylation sites is 1. The molecule has 7 heteroatoms. The Kier molecular flexibility index (Phi) is 3.68. The Morgan fingerprint density at radius 1 is 1.19 bits per heavy atom. The van der Waals surface area contributed by atoms with Crippen molar-refractivity contribution in [2.45, 2.75) is 6.92 Å². The van der Waals surface area contributed by atoms with E-state index in [1.807, 2.05) is 37.3 Å². The molecule has 2 aromatic heterocycles. The molecule has 0 saturated heterocycles. The first-order chi connectivity index (χ1) is 10.2. The number of hydrazine groups is 1. The number of fused-ring (bicyclic) bond motifs is 1. The van der Waals surface area contributed by atoms with Gasteiger partial charge >= 0.3 is 0 Å². The van der Waals surface area contributed by atoms with Crippen molar-refractivity contribution < 1.29 is 4.74 Å². The quantitative estimate of drug-likeness (QED) is 0.560. The minimum Gasteiger partial charge on any atom is -0.435 e. The van der Waals surface area contributed by atoms with Gasteiger partial charge in [-0.05, 0) is 35.0 Å². The number of benzene rings is 1. The summed E-state index contributed by atoms with van der Waals surface area (Å²) in [7, 11) is 0. The molecule has 1 aromatic carbocycles. The highest BCUT2D eigenvalue weighted by atomic mass is 79.9. The summed E-state index contributed by atoms with van der Waals surface area (Å²) in [5.74, 6) is 6.58. The van der Waals surface area contributed by atoms with Crippen LogP contribution in [-0.4, -0.2) is 15.0 Å². The fraction of sp³-hybridized carbons (Fsp3) is 0.0714. The van der Waals surface area contributed by atoms with Crippen molar-refractivity contribution in [1.29, 1.82) is 0 Å². The molecule has 0 aliphatic heterocycles. The Bertz CT molecular complexity index is 808. The first-order valence-corrected chi connectivity index (χ1v) is 7.00. The van der Waals surface area contributed by atoms with Crippen LogP contribution in [0.15, 0.2) is 41.0 Å². The van der Waals surface area contributed by atoms with E-state index in [2.05, 4.69) is 36.3 Å². The molecule has 21 heavy (non-hydrogen) atoms. The van der Waals surface area contributed by atoms with E-state index in [1.165, 1.54) is 0 Å². The number of rotatable bonds is 3. The van der Waals surface area contributed by atoms with Crippen LogP contribution < -0.4 is 16.0 Å². The fourth-order valence-corrected chi connectivity index (χ4v) is 2.17. The topological polar surface area (TPSA) is 86.0 Å². The van der Waals surface area contributed by atoms with Gasteiger partial charge in [0.05, 0.1) is 10.7 Å². The first-order valence-electron chi connectivity index (χ1n) is 6.21. The zero-order chi connectivity index (χ0) is 14.8. The largest absolute Gasteiger partial charge is 0.435 e. The minimum atomic E-state index is 0.276. The van der Waals surface area contributed by atoms with Crippen molar-refractivity contribution in [1.82, 2.24) is 15.0 Å². The molecule has 0 amide bonds. The number of anilines is 1. The molecule has 0 unspecified atom stereocenters. The number of hydrogen-bond acceptors (Lipinski definition) is 6. The summed E-state index contributed by atoms with van der Waals surface area (Å²) in [6, 6.07) is 9.71. The summed E-state index contributed by atoms with van der Waals surface area (Å²) < 4.78 is 6.49. The predicted octanol–water partition coefficient (Wildman–Crippen LogP) is 3.17. The lowest BCUT2D eigenvalue weighted by atomic mass is 10.2. The summed E-state index contributed by atoms with van der Waals surface area (Å²) in [5.41, 5.74) is 4.09. The zero-order valence-electron chi connectivity index (χ0n) is 11.2. The highest BCUT2D eigenvalue weighted by Crippen LogP contribution is 2.31. The van der Waals surface area contributed by atoms with Crippen LogP contribution in [0.2, 0.25) is 0 Å². The van der Waals surface area contributed by atoms with Crippen LogP contribution in [0.3, 0.4) is 0 Å². The molecule has 0 atom stereocenters. The molecule has 3 N–H and O–H groups in total. The molecule has 6 nitrogen and oxygen atoms in total. The van der Waals surface area contributed by atoms with Crippen LogP contribution in [0.4, 0.5) is 5.95 Å². The maximum atomic E-state index is 5.86. The van der Waals surface area contributed by atoms with Crippen LogP contribution in [0, 0.1) is 6.92 Å². The van der Waals surface area contributed by atoms with E-state index < -0.39 is 0 Å². The molecule has 0 fully saturated rings. The van der Waals surface area contributed by atoms with Crippen molar-refractivity contribution >= 4 is 32.8 Å². The number of hydrogen-bond donors (Lipinski definition) is 2. The molecule has 0 radical (unpaired) electrons. The average Bonchev–Trinajstić information content (AvgIpc) is 2.50. The Morgan fingerprint density at radius 3 is 2.86 bits per heavy atom. The predicted molar refractivity (Wildman–Crippen MR) is 84.1 cm³/mol. The number of halogens is 1. The lowest BCUT2D eigenvalue weighted by Gasteiger charge is -2.10. The summed E-state index contributed by atoms with van der Waals surface area (Å²) in [5, 5.41) is 1.00. The number of aromatic nitrogens is 3. The fourth-order valence-electron chi connectivity index (χ4n) is 1.90. The lowest BCUT2D eigenvalue weighted by molar-refractivity contribution is 0.463. The highest BCUT2D eigenvalue weighted by molar-refractivity contribution is 9.10. The van der Waals surface area contributed by atoms with E-state index in [9.17, 15) is 0 Å². The van der Waals surface area contributed by atoms with Gasteiger partial charge in [0.1, 0.15) is 5.52 Å². The smallest absolute Gasteiger partial charge is 0.240 e. The molecule has 0 aliphatic rings. The van der Waals surface area contributed by atoms with Gasteiger partial charge in [-0.25, -0.2) is 15.8 Å². The molecular weight excluding hydrogens is 334 g/mol. The normalized spacial score (nSPS) is 10.6. The van der Waals surface area contributed by atoms with E-state index >= 15 is 0 Å². The summed E-state index contributed by atoms with van der Waals surface area (Å²) in [4.78, 5) is 12.7. The van der Waals surface area contributed by atoms with Crippen LogP contribution in [0.5, 0.6) is 11.6 Å². The molecule has 106 valence electrons. The van der Waals surface area contributed by atoms with Gasteiger partial charge in [0, 0.05) is 11.1 Å². The third-order valence-electron chi connectivity index (χ3n) is 2.87. The van der Waals surface area contributed by atoms with Gasteiger partial charge < -0.3 is 4.74 Å². The van der Waals surface area contributed by atoms with Crippen molar-refractivity contribution in [3.63, 3.8) is 0 Å². The Labute approximate surface area is 129 Å². The van der Waals surface area contributed by atoms with Crippen molar-refractivity contribution in [2.75, 3.05) is 5.43 Å². The van der Waals surface area contributed by atoms with Crippen molar-refractivity contribution in [3.8, 4) is 11.6 Å². The van der Waals surface area contributed by atoms with E-state index in [-0.39, 0.29) is 5.95 Å². The first kappa shape index (κ1) is 13.7. The van der Waals surface area contributed by atoms with Gasteiger partial charge in [-0.3, -0.25) is 5.43 Å². The van der Waals surface area contributed by atoms with Gasteiger partial charge in [-0.15, -0.1) is 0 Å². The maximum Gasteiger partial charge on any atom is 0.240 e.